The SMILES string of the molecule is COc1ccc(NC(=O)C2C3C=CC(CC3)C2C(=O)O)cc1OC. The molecule has 1 aromatic carbocycles. The Bertz CT molecular complexity index is 684. The van der Waals surface area contributed by atoms with Gasteiger partial charge in [-0.3, -0.25) is 9.59 Å². The molecule has 6 heteroatoms. The summed E-state index contributed by atoms with van der Waals surface area (Å²) in [5, 5.41) is 12.4. The minimum atomic E-state index is -0.901. The van der Waals surface area contributed by atoms with Crippen LogP contribution in [-0.2, 0) is 9.59 Å². The van der Waals surface area contributed by atoms with Gasteiger partial charge in [0, 0.05) is 11.8 Å². The molecule has 24 heavy (non-hydrogen) atoms. The molecular formula is C18H21NO5. The zero-order chi connectivity index (χ0) is 17.3. The predicted octanol–water partition coefficient (Wildman–Crippen LogP) is 2.56. The van der Waals surface area contributed by atoms with Crippen LogP contribution in [-0.4, -0.2) is 31.2 Å². The Morgan fingerprint density at radius 1 is 1.04 bits per heavy atom. The lowest BCUT2D eigenvalue weighted by Crippen LogP contribution is -2.47. The molecule has 0 heterocycles. The fourth-order valence-electron chi connectivity index (χ4n) is 3.83. The molecule has 1 amide bonds. The largest absolute Gasteiger partial charge is 0.493 e. The minimum Gasteiger partial charge on any atom is -0.493 e. The number of ether oxygens (including phenoxy) is 2. The van der Waals surface area contributed by atoms with Gasteiger partial charge < -0.3 is 19.9 Å². The van der Waals surface area contributed by atoms with Crippen LogP contribution in [0.5, 0.6) is 11.5 Å². The Labute approximate surface area is 140 Å². The quantitative estimate of drug-likeness (QED) is 0.810. The first-order chi connectivity index (χ1) is 11.5. The molecule has 3 aliphatic carbocycles. The molecule has 4 unspecified atom stereocenters. The summed E-state index contributed by atoms with van der Waals surface area (Å²) in [6.45, 7) is 0. The third-order valence-corrected chi connectivity index (χ3v) is 4.99. The zero-order valence-electron chi connectivity index (χ0n) is 13.7. The predicted molar refractivity (Wildman–Crippen MR) is 88.1 cm³/mol. The van der Waals surface area contributed by atoms with Crippen LogP contribution >= 0.6 is 0 Å². The van der Waals surface area contributed by atoms with Crippen LogP contribution in [0.2, 0.25) is 0 Å². The molecule has 128 valence electrons. The second-order valence-corrected chi connectivity index (χ2v) is 6.24. The molecule has 4 atom stereocenters. The molecule has 2 N–H and O–H groups in total. The fourth-order valence-corrected chi connectivity index (χ4v) is 3.83. The number of anilines is 1. The van der Waals surface area contributed by atoms with E-state index in [9.17, 15) is 14.7 Å². The van der Waals surface area contributed by atoms with Gasteiger partial charge in [0.15, 0.2) is 11.5 Å². The summed E-state index contributed by atoms with van der Waals surface area (Å²) in [4.78, 5) is 24.4. The normalized spacial score (nSPS) is 27.6. The van der Waals surface area contributed by atoms with Gasteiger partial charge in [-0.2, -0.15) is 0 Å². The number of carbonyl (C=O) groups excluding carboxylic acids is 1. The molecule has 0 aliphatic heterocycles. The third-order valence-electron chi connectivity index (χ3n) is 4.99. The van der Waals surface area contributed by atoms with Crippen LogP contribution < -0.4 is 14.8 Å². The molecular weight excluding hydrogens is 310 g/mol. The molecule has 4 rings (SSSR count). The van der Waals surface area contributed by atoms with Gasteiger partial charge in [0.2, 0.25) is 5.91 Å². The van der Waals surface area contributed by atoms with Gasteiger partial charge in [-0.15, -0.1) is 0 Å². The number of hydrogen-bond donors (Lipinski definition) is 2. The monoisotopic (exact) mass is 331 g/mol. The summed E-state index contributed by atoms with van der Waals surface area (Å²) in [6, 6.07) is 5.09. The van der Waals surface area contributed by atoms with Crippen molar-refractivity contribution in [2.45, 2.75) is 12.8 Å². The average molecular weight is 331 g/mol. The van der Waals surface area contributed by atoms with E-state index in [2.05, 4.69) is 5.32 Å². The Hall–Kier alpha value is -2.50. The number of rotatable bonds is 5. The Morgan fingerprint density at radius 2 is 1.67 bits per heavy atom. The lowest BCUT2D eigenvalue weighted by Gasteiger charge is -2.41. The smallest absolute Gasteiger partial charge is 0.307 e. The molecule has 0 saturated heterocycles. The zero-order valence-corrected chi connectivity index (χ0v) is 13.7. The Kier molecular flexibility index (Phi) is 4.46. The first-order valence-electron chi connectivity index (χ1n) is 7.99. The summed E-state index contributed by atoms with van der Waals surface area (Å²) in [6.07, 6.45) is 5.63. The van der Waals surface area contributed by atoms with E-state index in [0.29, 0.717) is 17.2 Å². The summed E-state index contributed by atoms with van der Waals surface area (Å²) in [5.41, 5.74) is 0.562. The van der Waals surface area contributed by atoms with Gasteiger partial charge in [0.05, 0.1) is 26.1 Å². The minimum absolute atomic E-state index is 0.0174. The first kappa shape index (κ1) is 16.4. The van der Waals surface area contributed by atoms with E-state index in [0.717, 1.165) is 12.8 Å². The number of allylic oxidation sites excluding steroid dienone is 2. The molecule has 1 aromatic rings. The summed E-state index contributed by atoms with van der Waals surface area (Å²) in [5.74, 6) is -1.36. The van der Waals surface area contributed by atoms with Gasteiger partial charge in [-0.05, 0) is 36.8 Å². The lowest BCUT2D eigenvalue weighted by molar-refractivity contribution is -0.151. The van der Waals surface area contributed by atoms with E-state index < -0.39 is 17.8 Å². The molecule has 1 fully saturated rings. The van der Waals surface area contributed by atoms with Crippen molar-refractivity contribution in [3.05, 3.63) is 30.4 Å². The van der Waals surface area contributed by atoms with Gasteiger partial charge in [-0.1, -0.05) is 12.2 Å². The molecule has 0 aromatic heterocycles. The van der Waals surface area contributed by atoms with Gasteiger partial charge in [0.25, 0.3) is 0 Å². The highest BCUT2D eigenvalue weighted by Crippen LogP contribution is 2.45. The second-order valence-electron chi connectivity index (χ2n) is 6.24. The number of carboxylic acids is 1. The van der Waals surface area contributed by atoms with E-state index in [4.69, 9.17) is 9.47 Å². The van der Waals surface area contributed by atoms with Crippen molar-refractivity contribution in [3.8, 4) is 11.5 Å². The number of benzene rings is 1. The van der Waals surface area contributed by atoms with Crippen molar-refractivity contribution >= 4 is 17.6 Å². The Balaban J connectivity index is 1.81. The number of hydrogen-bond acceptors (Lipinski definition) is 4. The topological polar surface area (TPSA) is 84.9 Å². The van der Waals surface area contributed by atoms with Crippen molar-refractivity contribution in [2.75, 3.05) is 19.5 Å². The van der Waals surface area contributed by atoms with Crippen molar-refractivity contribution in [1.82, 2.24) is 0 Å². The van der Waals surface area contributed by atoms with Crippen LogP contribution in [0.15, 0.2) is 30.4 Å². The first-order valence-corrected chi connectivity index (χ1v) is 7.99. The third kappa shape index (κ3) is 2.84. The molecule has 2 bridgehead atoms. The van der Waals surface area contributed by atoms with Crippen LogP contribution in [0.25, 0.3) is 0 Å². The standard InChI is InChI=1S/C18H21NO5/c1-23-13-8-7-12(9-14(13)24-2)19-17(20)15-10-3-5-11(6-4-10)16(15)18(21)22/h3,5,7-11,15-16H,4,6H2,1-2H3,(H,19,20)(H,21,22). The van der Waals surface area contributed by atoms with Crippen molar-refractivity contribution in [2.24, 2.45) is 23.7 Å². The molecule has 1 saturated carbocycles. The van der Waals surface area contributed by atoms with Gasteiger partial charge in [0.1, 0.15) is 0 Å². The van der Waals surface area contributed by atoms with Crippen LogP contribution in [0, 0.1) is 23.7 Å². The number of carbonyl (C=O) groups is 2. The number of nitrogens with one attached hydrogen (secondary N) is 1. The highest BCUT2D eigenvalue weighted by Gasteiger charge is 2.48. The van der Waals surface area contributed by atoms with Gasteiger partial charge in [-0.25, -0.2) is 0 Å². The van der Waals surface area contributed by atoms with E-state index in [-0.39, 0.29) is 17.7 Å². The van der Waals surface area contributed by atoms with Gasteiger partial charge >= 0.3 is 5.97 Å². The maximum Gasteiger partial charge on any atom is 0.307 e. The Morgan fingerprint density at radius 3 is 2.21 bits per heavy atom. The molecule has 3 aliphatic rings. The van der Waals surface area contributed by atoms with Crippen molar-refractivity contribution in [1.29, 1.82) is 0 Å². The number of carboxylic acid groups (broad SMARTS) is 1. The van der Waals surface area contributed by atoms with Crippen molar-refractivity contribution < 1.29 is 24.2 Å². The van der Waals surface area contributed by atoms with Crippen LogP contribution in [0.4, 0.5) is 5.69 Å². The average Bonchev–Trinajstić information content (AvgIpc) is 2.61. The molecule has 0 radical (unpaired) electrons. The maximum atomic E-state index is 12.7. The summed E-state index contributed by atoms with van der Waals surface area (Å²) < 4.78 is 10.4. The lowest BCUT2D eigenvalue weighted by atomic mass is 9.62. The number of methoxy groups -OCH3 is 2. The summed E-state index contributed by atoms with van der Waals surface area (Å²) in [7, 11) is 3.06. The van der Waals surface area contributed by atoms with E-state index in [1.54, 1.807) is 25.3 Å². The number of aliphatic carboxylic acids is 1. The second kappa shape index (κ2) is 6.55. The van der Waals surface area contributed by atoms with E-state index in [1.165, 1.54) is 7.11 Å². The summed E-state index contributed by atoms with van der Waals surface area (Å²) >= 11 is 0. The molecule has 0 spiro atoms. The highest BCUT2D eigenvalue weighted by molar-refractivity contribution is 5.96. The fraction of sp³-hybridized carbons (Fsp3) is 0.444. The van der Waals surface area contributed by atoms with E-state index in [1.807, 2.05) is 12.2 Å². The molecule has 6 nitrogen and oxygen atoms in total. The highest BCUT2D eigenvalue weighted by atomic mass is 16.5. The maximum absolute atomic E-state index is 12.7. The van der Waals surface area contributed by atoms with Crippen LogP contribution in [0.1, 0.15) is 12.8 Å². The van der Waals surface area contributed by atoms with E-state index >= 15 is 0 Å². The number of fused-ring (bicyclic) bond motifs is 2. The number of amides is 1. The van der Waals surface area contributed by atoms with Crippen molar-refractivity contribution in [3.63, 3.8) is 0 Å². The van der Waals surface area contributed by atoms with Crippen LogP contribution in [0.3, 0.4) is 0 Å².